The zero-order valence-corrected chi connectivity index (χ0v) is 18.5. The summed E-state index contributed by atoms with van der Waals surface area (Å²) >= 11 is 0. The van der Waals surface area contributed by atoms with Crippen molar-refractivity contribution in [1.82, 2.24) is 9.62 Å². The van der Waals surface area contributed by atoms with Crippen LogP contribution >= 0.6 is 0 Å². The maximum Gasteiger partial charge on any atom is 0.312 e. The minimum absolute atomic E-state index is 0.0553. The van der Waals surface area contributed by atoms with Gasteiger partial charge in [-0.3, -0.25) is 10.1 Å². The predicted molar refractivity (Wildman–Crippen MR) is 116 cm³/mol. The number of ether oxygens (including phenoxy) is 2. The van der Waals surface area contributed by atoms with E-state index in [-0.39, 0.29) is 10.6 Å². The molecule has 0 aromatic heterocycles. The van der Waals surface area contributed by atoms with Gasteiger partial charge >= 0.3 is 5.69 Å². The molecule has 0 saturated carbocycles. The molecule has 1 fully saturated rings. The quantitative estimate of drug-likeness (QED) is 0.459. The highest BCUT2D eigenvalue weighted by Gasteiger charge is 2.29. The van der Waals surface area contributed by atoms with Crippen LogP contribution in [0.2, 0.25) is 0 Å². The van der Waals surface area contributed by atoms with Crippen LogP contribution in [-0.4, -0.2) is 44.4 Å². The van der Waals surface area contributed by atoms with Gasteiger partial charge in [0.15, 0.2) is 11.5 Å². The Bertz CT molecular complexity index is 1040. The summed E-state index contributed by atoms with van der Waals surface area (Å²) in [6, 6.07) is 9.03. The van der Waals surface area contributed by atoms with Crippen LogP contribution < -0.4 is 14.8 Å². The van der Waals surface area contributed by atoms with Crippen LogP contribution in [0.3, 0.4) is 0 Å². The minimum atomic E-state index is -3.79. The number of methoxy groups -OCH3 is 1. The number of hydrogen-bond acceptors (Lipinski definition) is 7. The number of hydrogen-bond donors (Lipinski definition) is 1. The maximum atomic E-state index is 12.9. The van der Waals surface area contributed by atoms with E-state index in [2.05, 4.69) is 5.32 Å². The van der Waals surface area contributed by atoms with Gasteiger partial charge in [-0.05, 0) is 49.2 Å². The first-order valence-electron chi connectivity index (χ1n) is 10.2. The predicted octanol–water partition coefficient (Wildman–Crippen LogP) is 3.68. The highest BCUT2D eigenvalue weighted by Crippen LogP contribution is 2.38. The fraction of sp³-hybridized carbons (Fsp3) is 0.429. The molecule has 1 aliphatic rings. The Morgan fingerprint density at radius 1 is 1.06 bits per heavy atom. The fourth-order valence-corrected chi connectivity index (χ4v) is 4.97. The highest BCUT2D eigenvalue weighted by atomic mass is 32.2. The number of benzene rings is 2. The topological polar surface area (TPSA) is 111 Å². The smallest absolute Gasteiger partial charge is 0.312 e. The maximum absolute atomic E-state index is 12.9. The number of rotatable bonds is 9. The molecule has 0 unspecified atom stereocenters. The molecule has 10 heteroatoms. The summed E-state index contributed by atoms with van der Waals surface area (Å²) < 4.78 is 38.3. The van der Waals surface area contributed by atoms with Gasteiger partial charge in [-0.15, -0.1) is 0 Å². The number of nitrogens with zero attached hydrogens (tertiary/aromatic N) is 2. The van der Waals surface area contributed by atoms with Crippen molar-refractivity contribution < 1.29 is 22.8 Å². The van der Waals surface area contributed by atoms with Gasteiger partial charge in [0, 0.05) is 25.7 Å². The van der Waals surface area contributed by atoms with Gasteiger partial charge in [0.2, 0.25) is 15.8 Å². The number of nitro groups is 1. The van der Waals surface area contributed by atoms with Crippen molar-refractivity contribution in [2.45, 2.75) is 37.6 Å². The summed E-state index contributed by atoms with van der Waals surface area (Å²) in [7, 11) is -2.31. The van der Waals surface area contributed by atoms with Gasteiger partial charge in [-0.25, -0.2) is 8.42 Å². The third-order valence-corrected chi connectivity index (χ3v) is 7.00. The van der Waals surface area contributed by atoms with Gasteiger partial charge < -0.3 is 14.8 Å². The minimum Gasteiger partial charge on any atom is -0.493 e. The summed E-state index contributed by atoms with van der Waals surface area (Å²) in [6.07, 6.45) is 2.55. The van der Waals surface area contributed by atoms with Gasteiger partial charge in [0.05, 0.1) is 16.9 Å². The summed E-state index contributed by atoms with van der Waals surface area (Å²) in [5, 5.41) is 14.9. The summed E-state index contributed by atoms with van der Waals surface area (Å²) in [6.45, 7) is 4.31. The Morgan fingerprint density at radius 3 is 2.42 bits per heavy atom. The molecular weight excluding hydrogens is 422 g/mol. The summed E-state index contributed by atoms with van der Waals surface area (Å²) in [5.74, 6) is 0.674. The van der Waals surface area contributed by atoms with Crippen molar-refractivity contribution in [3.8, 4) is 17.2 Å². The third-order valence-electron chi connectivity index (χ3n) is 5.11. The zero-order valence-electron chi connectivity index (χ0n) is 17.7. The van der Waals surface area contributed by atoms with E-state index in [9.17, 15) is 18.5 Å². The van der Waals surface area contributed by atoms with Crippen LogP contribution in [0.5, 0.6) is 17.2 Å². The van der Waals surface area contributed by atoms with Crippen LogP contribution in [0.4, 0.5) is 5.69 Å². The molecule has 0 radical (unpaired) electrons. The summed E-state index contributed by atoms with van der Waals surface area (Å²) in [5.41, 5.74) is 0.556. The molecule has 9 nitrogen and oxygen atoms in total. The van der Waals surface area contributed by atoms with Crippen molar-refractivity contribution >= 4 is 15.7 Å². The molecule has 1 saturated heterocycles. The lowest BCUT2D eigenvalue weighted by atomic mass is 10.2. The first kappa shape index (κ1) is 23.0. The normalized spacial score (nSPS) is 14.9. The number of piperidine rings is 1. The molecule has 0 spiro atoms. The van der Waals surface area contributed by atoms with Crippen molar-refractivity contribution in [3.63, 3.8) is 0 Å². The number of nitrogens with one attached hydrogen (secondary N) is 1. The summed E-state index contributed by atoms with van der Waals surface area (Å²) in [4.78, 5) is 10.9. The Kier molecular flexibility index (Phi) is 7.47. The fourth-order valence-electron chi connectivity index (χ4n) is 3.44. The number of sulfonamides is 1. The van der Waals surface area contributed by atoms with Crippen molar-refractivity contribution in [3.05, 3.63) is 52.1 Å². The average Bonchev–Trinajstić information content (AvgIpc) is 2.78. The lowest BCUT2D eigenvalue weighted by molar-refractivity contribution is -0.385. The van der Waals surface area contributed by atoms with Crippen LogP contribution in [0.1, 0.15) is 31.7 Å². The van der Waals surface area contributed by atoms with Crippen LogP contribution in [0, 0.1) is 10.1 Å². The van der Waals surface area contributed by atoms with E-state index < -0.39 is 20.6 Å². The van der Waals surface area contributed by atoms with Gasteiger partial charge in [0.1, 0.15) is 0 Å². The van der Waals surface area contributed by atoms with E-state index in [1.165, 1.54) is 23.5 Å². The monoisotopic (exact) mass is 449 g/mol. The van der Waals surface area contributed by atoms with Crippen molar-refractivity contribution in [2.24, 2.45) is 0 Å². The third kappa shape index (κ3) is 5.33. The molecule has 1 aliphatic heterocycles. The lowest BCUT2D eigenvalue weighted by Crippen LogP contribution is -2.35. The average molecular weight is 450 g/mol. The molecular formula is C21H27N3O6S. The molecule has 168 valence electrons. The molecule has 0 atom stereocenters. The molecule has 0 aliphatic carbocycles. The van der Waals surface area contributed by atoms with Crippen LogP contribution in [0.25, 0.3) is 0 Å². The van der Waals surface area contributed by atoms with Crippen LogP contribution in [0.15, 0.2) is 41.3 Å². The van der Waals surface area contributed by atoms with Gasteiger partial charge in [-0.1, -0.05) is 19.4 Å². The van der Waals surface area contributed by atoms with Gasteiger partial charge in [-0.2, -0.15) is 4.31 Å². The largest absolute Gasteiger partial charge is 0.493 e. The number of nitro benzene ring substituents is 1. The molecule has 2 aromatic rings. The Labute approximate surface area is 182 Å². The Hall–Kier alpha value is -2.69. The van der Waals surface area contributed by atoms with E-state index in [4.69, 9.17) is 9.47 Å². The second-order valence-corrected chi connectivity index (χ2v) is 9.16. The van der Waals surface area contributed by atoms with Crippen LogP contribution in [-0.2, 0) is 16.6 Å². The van der Waals surface area contributed by atoms with Crippen molar-refractivity contribution in [1.29, 1.82) is 0 Å². The second-order valence-electron chi connectivity index (χ2n) is 7.22. The van der Waals surface area contributed by atoms with E-state index in [1.54, 1.807) is 12.1 Å². The Balaban J connectivity index is 1.91. The molecule has 31 heavy (non-hydrogen) atoms. The molecule has 1 N–H and O–H groups in total. The van der Waals surface area contributed by atoms with E-state index in [1.807, 2.05) is 13.0 Å². The van der Waals surface area contributed by atoms with Crippen molar-refractivity contribution in [2.75, 3.05) is 26.7 Å². The van der Waals surface area contributed by atoms with E-state index in [0.29, 0.717) is 31.1 Å². The Morgan fingerprint density at radius 2 is 1.77 bits per heavy atom. The first-order chi connectivity index (χ1) is 14.9. The molecule has 0 amide bonds. The highest BCUT2D eigenvalue weighted by molar-refractivity contribution is 7.89. The molecule has 1 heterocycles. The standard InChI is InChI=1S/C21H27N3O6S/c1-3-22-15-16-7-9-20(21(13-16)29-2)30-19-10-8-17(14-18(19)24(25)26)31(27,28)23-11-5-4-6-12-23/h7-10,13-14,22H,3-6,11-12,15H2,1-2H3. The van der Waals surface area contributed by atoms with E-state index in [0.717, 1.165) is 37.4 Å². The zero-order chi connectivity index (χ0) is 22.4. The molecule has 2 aromatic carbocycles. The van der Waals surface area contributed by atoms with E-state index >= 15 is 0 Å². The second kappa shape index (κ2) is 10.1. The molecule has 0 bridgehead atoms. The molecule has 3 rings (SSSR count). The SMILES string of the molecule is CCNCc1ccc(Oc2ccc(S(=O)(=O)N3CCCCC3)cc2[N+](=O)[O-])c(OC)c1. The lowest BCUT2D eigenvalue weighted by Gasteiger charge is -2.25. The first-order valence-corrected chi connectivity index (χ1v) is 11.6. The van der Waals surface area contributed by atoms with Gasteiger partial charge in [0.25, 0.3) is 0 Å².